The molecule has 90 valence electrons. The second-order valence-electron chi connectivity index (χ2n) is 4.02. The summed E-state index contributed by atoms with van der Waals surface area (Å²) in [5.41, 5.74) is 8.51. The summed E-state index contributed by atoms with van der Waals surface area (Å²) < 4.78 is 0. The SMILES string of the molecule is Cc1ncsc1CN(C)CCCCC(N)=S. The average Bonchev–Trinajstić information content (AvgIpc) is 2.59. The zero-order valence-electron chi connectivity index (χ0n) is 9.90. The minimum atomic E-state index is 0.626. The summed E-state index contributed by atoms with van der Waals surface area (Å²) in [5.74, 6) is 0. The Hall–Kier alpha value is -0.520. The van der Waals surface area contributed by atoms with E-state index in [0.29, 0.717) is 4.99 Å². The number of hydrogen-bond acceptors (Lipinski definition) is 4. The van der Waals surface area contributed by atoms with Gasteiger partial charge in [-0.05, 0) is 39.8 Å². The molecule has 16 heavy (non-hydrogen) atoms. The van der Waals surface area contributed by atoms with Gasteiger partial charge >= 0.3 is 0 Å². The van der Waals surface area contributed by atoms with Crippen LogP contribution in [0.3, 0.4) is 0 Å². The van der Waals surface area contributed by atoms with Crippen molar-refractivity contribution in [1.82, 2.24) is 9.88 Å². The molecule has 0 bridgehead atoms. The van der Waals surface area contributed by atoms with Gasteiger partial charge in [0.1, 0.15) is 0 Å². The Labute approximate surface area is 107 Å². The highest BCUT2D eigenvalue weighted by Crippen LogP contribution is 2.14. The minimum Gasteiger partial charge on any atom is -0.393 e. The molecule has 0 aliphatic heterocycles. The average molecular weight is 257 g/mol. The standard InChI is InChI=1S/C11H19N3S2/c1-9-10(16-8-13-9)7-14(2)6-4-3-5-11(12)15/h8H,3-7H2,1-2H3,(H2,12,15). The predicted molar refractivity (Wildman–Crippen MR) is 73.8 cm³/mol. The number of aryl methyl sites for hydroxylation is 1. The van der Waals surface area contributed by atoms with Crippen molar-refractivity contribution in [2.45, 2.75) is 32.7 Å². The molecule has 5 heteroatoms. The summed E-state index contributed by atoms with van der Waals surface area (Å²) in [6.07, 6.45) is 3.09. The first kappa shape index (κ1) is 13.5. The van der Waals surface area contributed by atoms with Crippen LogP contribution in [0.5, 0.6) is 0 Å². The third-order valence-electron chi connectivity index (χ3n) is 2.47. The van der Waals surface area contributed by atoms with Crippen molar-refractivity contribution in [3.05, 3.63) is 16.1 Å². The van der Waals surface area contributed by atoms with Gasteiger partial charge in [0, 0.05) is 11.4 Å². The van der Waals surface area contributed by atoms with Gasteiger partial charge in [0.05, 0.1) is 16.2 Å². The Morgan fingerprint density at radius 1 is 1.56 bits per heavy atom. The maximum Gasteiger partial charge on any atom is 0.0798 e. The van der Waals surface area contributed by atoms with E-state index in [9.17, 15) is 0 Å². The summed E-state index contributed by atoms with van der Waals surface area (Å²) in [6, 6.07) is 0. The first-order valence-electron chi connectivity index (χ1n) is 5.45. The quantitative estimate of drug-likeness (QED) is 0.601. The first-order chi connectivity index (χ1) is 7.59. The van der Waals surface area contributed by atoms with Gasteiger partial charge in [-0.2, -0.15) is 0 Å². The Bertz CT molecular complexity index is 336. The molecular formula is C11H19N3S2. The zero-order valence-corrected chi connectivity index (χ0v) is 11.5. The maximum atomic E-state index is 5.45. The van der Waals surface area contributed by atoms with E-state index in [4.69, 9.17) is 18.0 Å². The van der Waals surface area contributed by atoms with Gasteiger partial charge < -0.3 is 10.6 Å². The van der Waals surface area contributed by atoms with Crippen LogP contribution in [0, 0.1) is 6.92 Å². The van der Waals surface area contributed by atoms with E-state index in [1.54, 1.807) is 11.3 Å². The van der Waals surface area contributed by atoms with Crippen LogP contribution in [0.1, 0.15) is 29.8 Å². The van der Waals surface area contributed by atoms with E-state index in [0.717, 1.165) is 38.0 Å². The van der Waals surface area contributed by atoms with Gasteiger partial charge in [0.2, 0.25) is 0 Å². The number of hydrogen-bond donors (Lipinski definition) is 1. The van der Waals surface area contributed by atoms with Crippen molar-refractivity contribution in [2.75, 3.05) is 13.6 Å². The van der Waals surface area contributed by atoms with E-state index >= 15 is 0 Å². The lowest BCUT2D eigenvalue weighted by molar-refractivity contribution is 0.321. The fourth-order valence-corrected chi connectivity index (χ4v) is 2.48. The molecule has 0 saturated carbocycles. The topological polar surface area (TPSA) is 42.2 Å². The molecule has 1 aromatic rings. The Morgan fingerprint density at radius 2 is 2.31 bits per heavy atom. The smallest absolute Gasteiger partial charge is 0.0798 e. The summed E-state index contributed by atoms with van der Waals surface area (Å²) >= 11 is 6.57. The third-order valence-corrected chi connectivity index (χ3v) is 3.60. The largest absolute Gasteiger partial charge is 0.393 e. The molecule has 0 saturated heterocycles. The van der Waals surface area contributed by atoms with Gasteiger partial charge in [-0.15, -0.1) is 11.3 Å². The molecule has 0 radical (unpaired) electrons. The molecule has 0 aliphatic rings. The van der Waals surface area contributed by atoms with Gasteiger partial charge in [0.25, 0.3) is 0 Å². The van der Waals surface area contributed by atoms with Crippen molar-refractivity contribution in [3.63, 3.8) is 0 Å². The Morgan fingerprint density at radius 3 is 2.88 bits per heavy atom. The van der Waals surface area contributed by atoms with Crippen LogP contribution in [0.15, 0.2) is 5.51 Å². The maximum absolute atomic E-state index is 5.45. The van der Waals surface area contributed by atoms with Gasteiger partial charge in [0.15, 0.2) is 0 Å². The number of rotatable bonds is 7. The molecule has 0 aliphatic carbocycles. The number of nitrogens with two attached hydrogens (primary N) is 1. The molecule has 1 aromatic heterocycles. The number of thiocarbonyl (C=S) groups is 1. The number of aromatic nitrogens is 1. The van der Waals surface area contributed by atoms with Crippen LogP contribution < -0.4 is 5.73 Å². The minimum absolute atomic E-state index is 0.626. The zero-order chi connectivity index (χ0) is 12.0. The van der Waals surface area contributed by atoms with E-state index in [1.807, 2.05) is 5.51 Å². The summed E-state index contributed by atoms with van der Waals surface area (Å²) in [5, 5.41) is 0. The van der Waals surface area contributed by atoms with Crippen molar-refractivity contribution in [2.24, 2.45) is 5.73 Å². The molecule has 0 spiro atoms. The highest BCUT2D eigenvalue weighted by atomic mass is 32.1. The molecule has 1 heterocycles. The molecule has 0 unspecified atom stereocenters. The van der Waals surface area contributed by atoms with Crippen molar-refractivity contribution < 1.29 is 0 Å². The lowest BCUT2D eigenvalue weighted by atomic mass is 10.2. The molecule has 3 nitrogen and oxygen atoms in total. The van der Waals surface area contributed by atoms with Gasteiger partial charge in [-0.25, -0.2) is 4.98 Å². The fourth-order valence-electron chi connectivity index (χ4n) is 1.48. The van der Waals surface area contributed by atoms with E-state index in [-0.39, 0.29) is 0 Å². The van der Waals surface area contributed by atoms with Crippen molar-refractivity contribution in [1.29, 1.82) is 0 Å². The van der Waals surface area contributed by atoms with Crippen molar-refractivity contribution >= 4 is 28.5 Å². The number of nitrogens with zero attached hydrogens (tertiary/aromatic N) is 2. The summed E-state index contributed by atoms with van der Waals surface area (Å²) in [4.78, 5) is 8.55. The fraction of sp³-hybridized carbons (Fsp3) is 0.636. The highest BCUT2D eigenvalue weighted by molar-refractivity contribution is 7.80. The molecule has 2 N–H and O–H groups in total. The second-order valence-corrected chi connectivity index (χ2v) is 5.49. The van der Waals surface area contributed by atoms with Crippen LogP contribution in [0.4, 0.5) is 0 Å². The van der Waals surface area contributed by atoms with Gasteiger partial charge in [-0.3, -0.25) is 0 Å². The molecule has 0 atom stereocenters. The summed E-state index contributed by atoms with van der Waals surface area (Å²) in [7, 11) is 2.14. The van der Waals surface area contributed by atoms with E-state index in [1.165, 1.54) is 4.88 Å². The highest BCUT2D eigenvalue weighted by Gasteiger charge is 2.05. The molecule has 1 rings (SSSR count). The van der Waals surface area contributed by atoms with Crippen LogP contribution in [-0.2, 0) is 6.54 Å². The first-order valence-corrected chi connectivity index (χ1v) is 6.74. The van der Waals surface area contributed by atoms with Crippen molar-refractivity contribution in [3.8, 4) is 0 Å². The molecule has 0 amide bonds. The molecule has 0 aromatic carbocycles. The van der Waals surface area contributed by atoms with Crippen LogP contribution in [0.25, 0.3) is 0 Å². The normalized spacial score (nSPS) is 10.9. The Balaban J connectivity index is 2.19. The Kier molecular flexibility index (Phi) is 5.87. The van der Waals surface area contributed by atoms with Gasteiger partial charge in [-0.1, -0.05) is 12.2 Å². The lowest BCUT2D eigenvalue weighted by Gasteiger charge is -2.15. The second kappa shape index (κ2) is 6.93. The molecular weight excluding hydrogens is 238 g/mol. The number of unbranched alkanes of at least 4 members (excludes halogenated alkanes) is 1. The number of thiazole rings is 1. The lowest BCUT2D eigenvalue weighted by Crippen LogP contribution is -2.19. The van der Waals surface area contributed by atoms with E-state index in [2.05, 4.69) is 23.9 Å². The molecule has 0 fully saturated rings. The van der Waals surface area contributed by atoms with Crippen LogP contribution in [-0.4, -0.2) is 28.5 Å². The van der Waals surface area contributed by atoms with E-state index < -0.39 is 0 Å². The predicted octanol–water partition coefficient (Wildman–Crippen LogP) is 2.34. The summed E-state index contributed by atoms with van der Waals surface area (Å²) in [6.45, 7) is 4.13. The monoisotopic (exact) mass is 257 g/mol. The van der Waals surface area contributed by atoms with Crippen LogP contribution >= 0.6 is 23.6 Å². The van der Waals surface area contributed by atoms with Crippen LogP contribution in [0.2, 0.25) is 0 Å². The third kappa shape index (κ3) is 5.01.